The standard InChI is InChI=1S/C11H13ClN2OS/c12-9-5-8(3-4-10(9)13)16-6-11(15)14-7-1-2-7/h3-5,7H,1-2,6,13H2,(H,14,15). The summed E-state index contributed by atoms with van der Waals surface area (Å²) in [5, 5.41) is 3.47. The van der Waals surface area contributed by atoms with E-state index < -0.39 is 0 Å². The minimum absolute atomic E-state index is 0.0837. The van der Waals surface area contributed by atoms with Crippen molar-refractivity contribution in [3.05, 3.63) is 23.2 Å². The molecule has 0 unspecified atom stereocenters. The molecule has 0 heterocycles. The highest BCUT2D eigenvalue weighted by Gasteiger charge is 2.22. The van der Waals surface area contributed by atoms with Crippen LogP contribution in [0.3, 0.4) is 0 Å². The number of hydrogen-bond donors (Lipinski definition) is 2. The van der Waals surface area contributed by atoms with E-state index in [0.717, 1.165) is 17.7 Å². The zero-order chi connectivity index (χ0) is 11.5. The Kier molecular flexibility index (Phi) is 3.61. The molecule has 3 nitrogen and oxygen atoms in total. The Hall–Kier alpha value is -0.870. The summed E-state index contributed by atoms with van der Waals surface area (Å²) in [5.41, 5.74) is 6.16. The molecule has 0 spiro atoms. The molecular weight excluding hydrogens is 244 g/mol. The number of nitrogen functional groups attached to an aromatic ring is 1. The number of carbonyl (C=O) groups is 1. The van der Waals surface area contributed by atoms with E-state index in [9.17, 15) is 4.79 Å². The Labute approximate surface area is 104 Å². The summed E-state index contributed by atoms with van der Waals surface area (Å²) in [6.07, 6.45) is 2.23. The van der Waals surface area contributed by atoms with Crippen molar-refractivity contribution in [3.8, 4) is 0 Å². The van der Waals surface area contributed by atoms with E-state index in [2.05, 4.69) is 5.32 Å². The Morgan fingerprint density at radius 1 is 1.56 bits per heavy atom. The summed E-state index contributed by atoms with van der Waals surface area (Å²) in [6.45, 7) is 0. The van der Waals surface area contributed by atoms with Crippen molar-refractivity contribution in [2.45, 2.75) is 23.8 Å². The van der Waals surface area contributed by atoms with Gasteiger partial charge in [-0.05, 0) is 31.0 Å². The lowest BCUT2D eigenvalue weighted by Crippen LogP contribution is -2.26. The van der Waals surface area contributed by atoms with E-state index in [1.807, 2.05) is 6.07 Å². The second kappa shape index (κ2) is 4.97. The SMILES string of the molecule is Nc1ccc(SCC(=O)NC2CC2)cc1Cl. The van der Waals surface area contributed by atoms with E-state index in [1.165, 1.54) is 11.8 Å². The van der Waals surface area contributed by atoms with Crippen LogP contribution in [0.5, 0.6) is 0 Å². The first-order chi connectivity index (χ1) is 7.65. The first kappa shape index (κ1) is 11.6. The summed E-state index contributed by atoms with van der Waals surface area (Å²) in [5.74, 6) is 0.511. The maximum absolute atomic E-state index is 11.4. The quantitative estimate of drug-likeness (QED) is 0.642. The molecule has 0 saturated heterocycles. The van der Waals surface area contributed by atoms with E-state index in [1.54, 1.807) is 12.1 Å². The zero-order valence-corrected chi connectivity index (χ0v) is 10.3. The maximum atomic E-state index is 11.4. The molecule has 1 aromatic rings. The lowest BCUT2D eigenvalue weighted by molar-refractivity contribution is -0.118. The summed E-state index contributed by atoms with van der Waals surface area (Å²) in [7, 11) is 0. The number of thioether (sulfide) groups is 1. The smallest absolute Gasteiger partial charge is 0.230 e. The molecule has 1 aromatic carbocycles. The van der Waals surface area contributed by atoms with Crippen LogP contribution in [-0.4, -0.2) is 17.7 Å². The second-order valence-electron chi connectivity index (χ2n) is 3.81. The van der Waals surface area contributed by atoms with Crippen molar-refractivity contribution in [2.24, 2.45) is 0 Å². The second-order valence-corrected chi connectivity index (χ2v) is 5.27. The van der Waals surface area contributed by atoms with Crippen LogP contribution in [0.1, 0.15) is 12.8 Å². The fourth-order valence-corrected chi connectivity index (χ4v) is 2.24. The maximum Gasteiger partial charge on any atom is 0.230 e. The van der Waals surface area contributed by atoms with Gasteiger partial charge in [-0.2, -0.15) is 0 Å². The molecule has 0 atom stereocenters. The van der Waals surface area contributed by atoms with Crippen molar-refractivity contribution in [1.82, 2.24) is 5.32 Å². The highest BCUT2D eigenvalue weighted by atomic mass is 35.5. The number of rotatable bonds is 4. The molecule has 16 heavy (non-hydrogen) atoms. The van der Waals surface area contributed by atoms with Crippen molar-refractivity contribution in [2.75, 3.05) is 11.5 Å². The summed E-state index contributed by atoms with van der Waals surface area (Å²) in [4.78, 5) is 12.4. The summed E-state index contributed by atoms with van der Waals surface area (Å²) in [6, 6.07) is 5.83. The first-order valence-corrected chi connectivity index (χ1v) is 6.48. The molecule has 1 fully saturated rings. The van der Waals surface area contributed by atoms with E-state index in [0.29, 0.717) is 22.5 Å². The van der Waals surface area contributed by atoms with Crippen molar-refractivity contribution in [1.29, 1.82) is 0 Å². The average molecular weight is 257 g/mol. The minimum Gasteiger partial charge on any atom is -0.398 e. The largest absolute Gasteiger partial charge is 0.398 e. The van der Waals surface area contributed by atoms with Crippen LogP contribution in [0, 0.1) is 0 Å². The number of nitrogens with one attached hydrogen (secondary N) is 1. The summed E-state index contributed by atoms with van der Waals surface area (Å²) < 4.78 is 0. The predicted molar refractivity (Wildman–Crippen MR) is 67.8 cm³/mol. The van der Waals surface area contributed by atoms with Gasteiger partial charge in [0.25, 0.3) is 0 Å². The van der Waals surface area contributed by atoms with Crippen LogP contribution in [0.4, 0.5) is 5.69 Å². The number of carbonyl (C=O) groups excluding carboxylic acids is 1. The van der Waals surface area contributed by atoms with Gasteiger partial charge in [0.15, 0.2) is 0 Å². The van der Waals surface area contributed by atoms with E-state index >= 15 is 0 Å². The van der Waals surface area contributed by atoms with Crippen molar-refractivity contribution in [3.63, 3.8) is 0 Å². The van der Waals surface area contributed by atoms with Gasteiger partial charge in [-0.3, -0.25) is 4.79 Å². The number of amides is 1. The molecule has 0 bridgehead atoms. The highest BCUT2D eigenvalue weighted by Crippen LogP contribution is 2.26. The molecule has 1 aliphatic rings. The topological polar surface area (TPSA) is 55.1 Å². The van der Waals surface area contributed by atoms with Gasteiger partial charge in [-0.15, -0.1) is 11.8 Å². The lowest BCUT2D eigenvalue weighted by Gasteiger charge is -2.04. The Morgan fingerprint density at radius 2 is 2.31 bits per heavy atom. The molecule has 1 aliphatic carbocycles. The lowest BCUT2D eigenvalue weighted by atomic mass is 10.3. The van der Waals surface area contributed by atoms with Crippen molar-refractivity contribution < 1.29 is 4.79 Å². The fourth-order valence-electron chi connectivity index (χ4n) is 1.24. The van der Waals surface area contributed by atoms with Crippen molar-refractivity contribution >= 4 is 35.0 Å². The monoisotopic (exact) mass is 256 g/mol. The van der Waals surface area contributed by atoms with Crippen LogP contribution >= 0.6 is 23.4 Å². The van der Waals surface area contributed by atoms with Gasteiger partial charge in [0, 0.05) is 10.9 Å². The van der Waals surface area contributed by atoms with Gasteiger partial charge in [0.1, 0.15) is 0 Å². The van der Waals surface area contributed by atoms with Gasteiger partial charge in [-0.1, -0.05) is 11.6 Å². The highest BCUT2D eigenvalue weighted by molar-refractivity contribution is 8.00. The molecule has 1 amide bonds. The molecule has 0 radical (unpaired) electrons. The number of halogens is 1. The Bertz CT molecular complexity index is 407. The molecule has 0 aromatic heterocycles. The Balaban J connectivity index is 1.83. The van der Waals surface area contributed by atoms with Gasteiger partial charge < -0.3 is 11.1 Å². The third kappa shape index (κ3) is 3.32. The minimum atomic E-state index is 0.0837. The van der Waals surface area contributed by atoms with Gasteiger partial charge >= 0.3 is 0 Å². The number of nitrogens with two attached hydrogens (primary N) is 1. The van der Waals surface area contributed by atoms with Crippen LogP contribution in [0.15, 0.2) is 23.1 Å². The van der Waals surface area contributed by atoms with Crippen LogP contribution in [0.2, 0.25) is 5.02 Å². The molecule has 5 heteroatoms. The third-order valence-corrected chi connectivity index (χ3v) is 3.61. The zero-order valence-electron chi connectivity index (χ0n) is 8.70. The molecular formula is C11H13ClN2OS. The first-order valence-electron chi connectivity index (χ1n) is 5.12. The number of hydrogen-bond acceptors (Lipinski definition) is 3. The average Bonchev–Trinajstić information content (AvgIpc) is 3.04. The van der Waals surface area contributed by atoms with Gasteiger partial charge in [0.05, 0.1) is 16.5 Å². The predicted octanol–water partition coefficient (Wildman–Crippen LogP) is 2.29. The fraction of sp³-hybridized carbons (Fsp3) is 0.364. The van der Waals surface area contributed by atoms with Crippen LogP contribution in [0.25, 0.3) is 0 Å². The van der Waals surface area contributed by atoms with Gasteiger partial charge in [0.2, 0.25) is 5.91 Å². The molecule has 2 rings (SSSR count). The Morgan fingerprint density at radius 3 is 2.94 bits per heavy atom. The number of benzene rings is 1. The number of anilines is 1. The molecule has 3 N–H and O–H groups in total. The third-order valence-electron chi connectivity index (χ3n) is 2.28. The van der Waals surface area contributed by atoms with Crippen LogP contribution < -0.4 is 11.1 Å². The van der Waals surface area contributed by atoms with Crippen LogP contribution in [-0.2, 0) is 4.79 Å². The summed E-state index contributed by atoms with van der Waals surface area (Å²) >= 11 is 7.35. The van der Waals surface area contributed by atoms with Gasteiger partial charge in [-0.25, -0.2) is 0 Å². The molecule has 0 aliphatic heterocycles. The normalized spacial score (nSPS) is 14.8. The van der Waals surface area contributed by atoms with E-state index in [-0.39, 0.29) is 5.91 Å². The molecule has 86 valence electrons. The molecule has 1 saturated carbocycles. The van der Waals surface area contributed by atoms with E-state index in [4.69, 9.17) is 17.3 Å².